The molecular formula is C18H28O2. The summed E-state index contributed by atoms with van der Waals surface area (Å²) in [4.78, 5) is 0. The highest BCUT2D eigenvalue weighted by Gasteiger charge is 2.32. The van der Waals surface area contributed by atoms with Gasteiger partial charge in [-0.2, -0.15) is 0 Å². The maximum absolute atomic E-state index is 10.1. The van der Waals surface area contributed by atoms with Crippen molar-refractivity contribution in [1.82, 2.24) is 0 Å². The van der Waals surface area contributed by atoms with E-state index in [1.54, 1.807) is 0 Å². The molecule has 2 heteroatoms. The van der Waals surface area contributed by atoms with Gasteiger partial charge in [0.25, 0.3) is 0 Å². The molecule has 0 saturated heterocycles. The fourth-order valence-electron chi connectivity index (χ4n) is 3.07. The van der Waals surface area contributed by atoms with Crippen LogP contribution in [-0.2, 0) is 6.42 Å². The van der Waals surface area contributed by atoms with Crippen molar-refractivity contribution in [2.24, 2.45) is 11.8 Å². The van der Waals surface area contributed by atoms with E-state index in [-0.39, 0.29) is 12.2 Å². The van der Waals surface area contributed by atoms with E-state index >= 15 is 0 Å². The Balaban J connectivity index is 1.96. The molecule has 0 radical (unpaired) electrons. The van der Waals surface area contributed by atoms with Crippen LogP contribution in [-0.4, -0.2) is 17.3 Å². The molecule has 3 unspecified atom stereocenters. The van der Waals surface area contributed by atoms with Gasteiger partial charge in [-0.3, -0.25) is 0 Å². The minimum atomic E-state index is -0.319. The van der Waals surface area contributed by atoms with Crippen molar-refractivity contribution in [1.29, 1.82) is 0 Å². The van der Waals surface area contributed by atoms with Crippen LogP contribution < -0.4 is 4.74 Å². The second-order valence-electron chi connectivity index (χ2n) is 6.43. The van der Waals surface area contributed by atoms with Gasteiger partial charge >= 0.3 is 0 Å². The van der Waals surface area contributed by atoms with Crippen LogP contribution in [0.2, 0.25) is 0 Å². The van der Waals surface area contributed by atoms with Crippen LogP contribution in [0.3, 0.4) is 0 Å². The number of benzene rings is 1. The van der Waals surface area contributed by atoms with Gasteiger partial charge in [0, 0.05) is 0 Å². The van der Waals surface area contributed by atoms with E-state index < -0.39 is 0 Å². The number of ether oxygens (including phenoxy) is 1. The maximum Gasteiger partial charge on any atom is 0.125 e. The van der Waals surface area contributed by atoms with E-state index in [0.29, 0.717) is 11.8 Å². The van der Waals surface area contributed by atoms with E-state index in [4.69, 9.17) is 4.74 Å². The molecule has 1 aromatic rings. The summed E-state index contributed by atoms with van der Waals surface area (Å²) < 4.78 is 6.03. The molecule has 0 heterocycles. The summed E-state index contributed by atoms with van der Waals surface area (Å²) in [6.07, 6.45) is 4.86. The highest BCUT2D eigenvalue weighted by molar-refractivity contribution is 5.27. The lowest BCUT2D eigenvalue weighted by Gasteiger charge is -2.35. The topological polar surface area (TPSA) is 29.5 Å². The van der Waals surface area contributed by atoms with Crippen LogP contribution in [0, 0.1) is 11.8 Å². The third kappa shape index (κ3) is 3.99. The Bertz CT molecular complexity index is 396. The SMILES string of the molecule is CCCc1ccc(OC2CC(C(C)C)CCC2O)cc1. The standard InChI is InChI=1S/C18H28O2/c1-4-5-14-6-9-16(10-7-14)20-18-12-15(13(2)3)8-11-17(18)19/h6-7,9-10,13,15,17-19H,4-5,8,11-12H2,1-3H3. The van der Waals surface area contributed by atoms with Crippen molar-refractivity contribution in [2.45, 2.75) is 65.1 Å². The summed E-state index contributed by atoms with van der Waals surface area (Å²) in [7, 11) is 0. The Morgan fingerprint density at radius 2 is 1.90 bits per heavy atom. The molecule has 1 aromatic carbocycles. The summed E-state index contributed by atoms with van der Waals surface area (Å²) in [6.45, 7) is 6.72. The van der Waals surface area contributed by atoms with E-state index in [9.17, 15) is 5.11 Å². The Morgan fingerprint density at radius 3 is 2.50 bits per heavy atom. The molecule has 1 aliphatic rings. The third-order valence-corrected chi connectivity index (χ3v) is 4.49. The molecule has 0 amide bonds. The van der Waals surface area contributed by atoms with Crippen molar-refractivity contribution in [3.05, 3.63) is 29.8 Å². The molecule has 1 saturated carbocycles. The Morgan fingerprint density at radius 1 is 1.20 bits per heavy atom. The van der Waals surface area contributed by atoms with Gasteiger partial charge in [-0.15, -0.1) is 0 Å². The maximum atomic E-state index is 10.1. The molecule has 0 aromatic heterocycles. The van der Waals surface area contributed by atoms with Crippen molar-refractivity contribution in [3.63, 3.8) is 0 Å². The lowest BCUT2D eigenvalue weighted by Crippen LogP contribution is -2.39. The molecule has 3 atom stereocenters. The predicted molar refractivity (Wildman–Crippen MR) is 83.0 cm³/mol. The van der Waals surface area contributed by atoms with Gasteiger partial charge in [-0.25, -0.2) is 0 Å². The first-order valence-corrected chi connectivity index (χ1v) is 8.03. The summed E-state index contributed by atoms with van der Waals surface area (Å²) >= 11 is 0. The van der Waals surface area contributed by atoms with E-state index in [1.165, 1.54) is 5.56 Å². The molecule has 0 aliphatic heterocycles. The lowest BCUT2D eigenvalue weighted by atomic mass is 9.79. The number of aryl methyl sites for hydroxylation is 1. The lowest BCUT2D eigenvalue weighted by molar-refractivity contribution is -0.0176. The van der Waals surface area contributed by atoms with Gasteiger partial charge < -0.3 is 9.84 Å². The van der Waals surface area contributed by atoms with Crippen LogP contribution in [0.1, 0.15) is 52.0 Å². The molecule has 1 N–H and O–H groups in total. The molecule has 20 heavy (non-hydrogen) atoms. The van der Waals surface area contributed by atoms with Gasteiger partial charge in [0.2, 0.25) is 0 Å². The number of hydrogen-bond donors (Lipinski definition) is 1. The Kier molecular flexibility index (Phi) is 5.47. The molecule has 2 rings (SSSR count). The second kappa shape index (κ2) is 7.12. The highest BCUT2D eigenvalue weighted by Crippen LogP contribution is 2.32. The average Bonchev–Trinajstić information content (AvgIpc) is 2.43. The van der Waals surface area contributed by atoms with Crippen LogP contribution in [0.25, 0.3) is 0 Å². The van der Waals surface area contributed by atoms with Crippen LogP contribution in [0.4, 0.5) is 0 Å². The zero-order valence-corrected chi connectivity index (χ0v) is 13.0. The van der Waals surface area contributed by atoms with Crippen molar-refractivity contribution in [3.8, 4) is 5.75 Å². The largest absolute Gasteiger partial charge is 0.488 e. The first-order chi connectivity index (χ1) is 9.60. The normalized spacial score (nSPS) is 26.8. The highest BCUT2D eigenvalue weighted by atomic mass is 16.5. The summed E-state index contributed by atoms with van der Waals surface area (Å²) in [5.41, 5.74) is 1.35. The fraction of sp³-hybridized carbons (Fsp3) is 0.667. The predicted octanol–water partition coefficient (Wildman–Crippen LogP) is 4.20. The average molecular weight is 276 g/mol. The van der Waals surface area contributed by atoms with E-state index in [0.717, 1.165) is 37.9 Å². The number of aliphatic hydroxyl groups excluding tert-OH is 1. The first kappa shape index (κ1) is 15.4. The Labute approximate surface area is 123 Å². The molecule has 1 fully saturated rings. The zero-order chi connectivity index (χ0) is 14.5. The summed E-state index contributed by atoms with van der Waals surface area (Å²) in [5.74, 6) is 2.22. The van der Waals surface area contributed by atoms with Crippen molar-refractivity contribution < 1.29 is 9.84 Å². The van der Waals surface area contributed by atoms with Gasteiger partial charge in [0.1, 0.15) is 11.9 Å². The number of rotatable bonds is 5. The van der Waals surface area contributed by atoms with E-state index in [2.05, 4.69) is 32.9 Å². The number of aliphatic hydroxyl groups is 1. The molecule has 112 valence electrons. The summed E-state index contributed by atoms with van der Waals surface area (Å²) in [6, 6.07) is 8.34. The fourth-order valence-corrected chi connectivity index (χ4v) is 3.07. The smallest absolute Gasteiger partial charge is 0.125 e. The van der Waals surface area contributed by atoms with Crippen LogP contribution in [0.5, 0.6) is 5.75 Å². The quantitative estimate of drug-likeness (QED) is 0.873. The van der Waals surface area contributed by atoms with E-state index in [1.807, 2.05) is 12.1 Å². The second-order valence-corrected chi connectivity index (χ2v) is 6.43. The molecule has 1 aliphatic carbocycles. The van der Waals surface area contributed by atoms with Crippen LogP contribution >= 0.6 is 0 Å². The molecule has 0 bridgehead atoms. The van der Waals surface area contributed by atoms with Gasteiger partial charge in [0.05, 0.1) is 6.10 Å². The van der Waals surface area contributed by atoms with Crippen molar-refractivity contribution >= 4 is 0 Å². The third-order valence-electron chi connectivity index (χ3n) is 4.49. The summed E-state index contributed by atoms with van der Waals surface area (Å²) in [5, 5.41) is 10.1. The number of hydrogen-bond acceptors (Lipinski definition) is 2. The molecule has 2 nitrogen and oxygen atoms in total. The first-order valence-electron chi connectivity index (χ1n) is 8.03. The molecule has 0 spiro atoms. The molecular weight excluding hydrogens is 248 g/mol. The van der Waals surface area contributed by atoms with Gasteiger partial charge in [-0.1, -0.05) is 39.3 Å². The van der Waals surface area contributed by atoms with Gasteiger partial charge in [-0.05, 0) is 55.2 Å². The van der Waals surface area contributed by atoms with Crippen molar-refractivity contribution in [2.75, 3.05) is 0 Å². The minimum Gasteiger partial charge on any atom is -0.488 e. The minimum absolute atomic E-state index is 0.0480. The van der Waals surface area contributed by atoms with Crippen LogP contribution in [0.15, 0.2) is 24.3 Å². The zero-order valence-electron chi connectivity index (χ0n) is 13.0. The Hall–Kier alpha value is -1.02. The van der Waals surface area contributed by atoms with Gasteiger partial charge in [0.15, 0.2) is 0 Å². The monoisotopic (exact) mass is 276 g/mol.